The van der Waals surface area contributed by atoms with Gasteiger partial charge in [0.05, 0.1) is 31.7 Å². The molecular weight excluding hydrogens is 692 g/mol. The first kappa shape index (κ1) is 34.5. The molecule has 49 heavy (non-hydrogen) atoms. The van der Waals surface area contributed by atoms with Gasteiger partial charge in [0.15, 0.2) is 34.7 Å². The van der Waals surface area contributed by atoms with Crippen molar-refractivity contribution in [2.75, 3.05) is 0 Å². The summed E-state index contributed by atoms with van der Waals surface area (Å²) in [5, 5.41) is 12.2. The number of hydrogen-bond acceptors (Lipinski definition) is 5. The van der Waals surface area contributed by atoms with Crippen LogP contribution in [0, 0.1) is 29.1 Å². The largest absolute Gasteiger partial charge is 0.392 e. The summed E-state index contributed by atoms with van der Waals surface area (Å²) >= 11 is 12.4. The summed E-state index contributed by atoms with van der Waals surface area (Å²) < 4.78 is 83.5. The summed E-state index contributed by atoms with van der Waals surface area (Å²) in [5.74, 6) is -12.6. The van der Waals surface area contributed by atoms with Gasteiger partial charge in [0.2, 0.25) is 5.82 Å². The van der Waals surface area contributed by atoms with Crippen LogP contribution in [0.25, 0.3) is 11.1 Å². The highest BCUT2D eigenvalue weighted by atomic mass is 35.5. The van der Waals surface area contributed by atoms with Crippen LogP contribution in [0.5, 0.6) is 0 Å². The predicted molar refractivity (Wildman–Crippen MR) is 170 cm³/mol. The third-order valence-electron chi connectivity index (χ3n) is 8.06. The molecule has 0 spiro atoms. The standard InChI is InChI=1S/C35H26Cl2F5N3O4/c36-32-33(37)45(17-44-32)15-24-13-25(20-9-7-18(16-46)8-10-20)49-35(48-24)23-6-2-5-22(12-23)21-4-1-3-19(11-21)14-43-34(47)26-27(38)29(40)31(42)30(41)28(26)39/h1-12,17,24-25,35,46H,13-16H2,(H,43,47)/t24-,25+,35+/m0/s1. The zero-order chi connectivity index (χ0) is 34.8. The minimum Gasteiger partial charge on any atom is -0.392 e. The van der Waals surface area contributed by atoms with Crippen molar-refractivity contribution in [2.24, 2.45) is 0 Å². The topological polar surface area (TPSA) is 85.6 Å². The predicted octanol–water partition coefficient (Wildman–Crippen LogP) is 8.22. The Hall–Kier alpha value is -4.33. The number of halogens is 7. The van der Waals surface area contributed by atoms with Crippen LogP contribution in [-0.4, -0.2) is 26.7 Å². The van der Waals surface area contributed by atoms with E-state index in [1.165, 1.54) is 6.33 Å². The van der Waals surface area contributed by atoms with Crippen molar-refractivity contribution in [3.63, 3.8) is 0 Å². The molecule has 0 aliphatic carbocycles. The second-order valence-electron chi connectivity index (χ2n) is 11.3. The molecule has 1 saturated heterocycles. The summed E-state index contributed by atoms with van der Waals surface area (Å²) in [6.45, 7) is -0.00616. The Kier molecular flexibility index (Phi) is 10.3. The summed E-state index contributed by atoms with van der Waals surface area (Å²) in [5.41, 5.74) is 2.72. The lowest BCUT2D eigenvalue weighted by Gasteiger charge is -2.36. The van der Waals surface area contributed by atoms with Gasteiger partial charge in [0, 0.05) is 18.5 Å². The third-order valence-corrected chi connectivity index (χ3v) is 8.83. The Bertz CT molecular complexity index is 1980. The quantitative estimate of drug-likeness (QED) is 0.0912. The lowest BCUT2D eigenvalue weighted by Crippen LogP contribution is -2.32. The molecule has 5 aromatic rings. The zero-order valence-electron chi connectivity index (χ0n) is 25.3. The number of amides is 1. The van der Waals surface area contributed by atoms with E-state index in [9.17, 15) is 31.9 Å². The van der Waals surface area contributed by atoms with E-state index in [4.69, 9.17) is 32.7 Å². The van der Waals surface area contributed by atoms with Crippen LogP contribution in [0.3, 0.4) is 0 Å². The fourth-order valence-electron chi connectivity index (χ4n) is 5.52. The molecule has 1 aliphatic rings. The first-order valence-electron chi connectivity index (χ1n) is 14.9. The maximum atomic E-state index is 14.1. The van der Waals surface area contributed by atoms with Crippen LogP contribution in [0.4, 0.5) is 22.0 Å². The Morgan fingerprint density at radius 2 is 1.49 bits per heavy atom. The number of benzene rings is 4. The Balaban J connectivity index is 1.22. The minimum atomic E-state index is -2.35. The molecule has 1 aromatic heterocycles. The molecule has 2 N–H and O–H groups in total. The van der Waals surface area contributed by atoms with Crippen molar-refractivity contribution in [3.05, 3.63) is 146 Å². The lowest BCUT2D eigenvalue weighted by atomic mass is 9.98. The van der Waals surface area contributed by atoms with Gasteiger partial charge in [0.25, 0.3) is 5.91 Å². The highest BCUT2D eigenvalue weighted by molar-refractivity contribution is 6.40. The molecule has 0 bridgehead atoms. The molecular formula is C35H26Cl2F5N3O4. The molecule has 1 fully saturated rings. The van der Waals surface area contributed by atoms with Crippen molar-refractivity contribution < 1.29 is 41.3 Å². The van der Waals surface area contributed by atoms with E-state index in [0.29, 0.717) is 29.7 Å². The number of nitrogens with one attached hydrogen (secondary N) is 1. The highest BCUT2D eigenvalue weighted by Gasteiger charge is 2.33. The summed E-state index contributed by atoms with van der Waals surface area (Å²) in [4.78, 5) is 16.5. The number of ether oxygens (including phenoxy) is 2. The van der Waals surface area contributed by atoms with E-state index in [2.05, 4.69) is 10.3 Å². The number of hydrogen-bond donors (Lipinski definition) is 2. The second kappa shape index (κ2) is 14.7. The molecule has 0 saturated carbocycles. The van der Waals surface area contributed by atoms with Gasteiger partial charge >= 0.3 is 0 Å². The third kappa shape index (κ3) is 7.34. The lowest BCUT2D eigenvalue weighted by molar-refractivity contribution is -0.252. The molecule has 7 nitrogen and oxygen atoms in total. The number of carbonyl (C=O) groups excluding carboxylic acids is 1. The van der Waals surface area contributed by atoms with Crippen molar-refractivity contribution in [1.82, 2.24) is 14.9 Å². The van der Waals surface area contributed by atoms with Gasteiger partial charge in [-0.15, -0.1) is 0 Å². The molecule has 6 rings (SSSR count). The molecule has 3 atom stereocenters. The van der Waals surface area contributed by atoms with E-state index in [-0.39, 0.29) is 35.7 Å². The van der Waals surface area contributed by atoms with Crippen molar-refractivity contribution >= 4 is 29.1 Å². The van der Waals surface area contributed by atoms with Crippen LogP contribution in [0.2, 0.25) is 10.3 Å². The van der Waals surface area contributed by atoms with Gasteiger partial charge in [-0.1, -0.05) is 83.9 Å². The first-order valence-corrected chi connectivity index (χ1v) is 15.6. The van der Waals surface area contributed by atoms with E-state index in [1.807, 2.05) is 48.5 Å². The van der Waals surface area contributed by atoms with Crippen molar-refractivity contribution in [2.45, 2.75) is 44.6 Å². The number of aliphatic hydroxyl groups excluding tert-OH is 1. The Labute approximate surface area is 286 Å². The molecule has 2 heterocycles. The number of nitrogens with zero attached hydrogens (tertiary/aromatic N) is 2. The zero-order valence-corrected chi connectivity index (χ0v) is 26.8. The van der Waals surface area contributed by atoms with Gasteiger partial charge in [0.1, 0.15) is 10.7 Å². The van der Waals surface area contributed by atoms with Crippen LogP contribution >= 0.6 is 23.2 Å². The first-order chi connectivity index (χ1) is 23.5. The van der Waals surface area contributed by atoms with Gasteiger partial charge in [-0.3, -0.25) is 4.79 Å². The van der Waals surface area contributed by atoms with Gasteiger partial charge in [-0.25, -0.2) is 26.9 Å². The summed E-state index contributed by atoms with van der Waals surface area (Å²) in [7, 11) is 0. The Morgan fingerprint density at radius 3 is 2.14 bits per heavy atom. The average Bonchev–Trinajstić information content (AvgIpc) is 3.44. The van der Waals surface area contributed by atoms with Crippen LogP contribution < -0.4 is 5.32 Å². The maximum Gasteiger partial charge on any atom is 0.257 e. The monoisotopic (exact) mass is 717 g/mol. The van der Waals surface area contributed by atoms with Crippen LogP contribution in [0.1, 0.15) is 51.4 Å². The van der Waals surface area contributed by atoms with E-state index >= 15 is 0 Å². The SMILES string of the molecule is O=C(NCc1cccc(-c2cccc([C@@H]3O[C@H](Cn4cnc(Cl)c4Cl)C[C@H](c4ccc(CO)cc4)O3)c2)c1)c1c(F)c(F)c(F)c(F)c1F. The molecule has 14 heteroatoms. The highest BCUT2D eigenvalue weighted by Crippen LogP contribution is 2.40. The minimum absolute atomic E-state index is 0.0915. The molecule has 4 aromatic carbocycles. The van der Waals surface area contributed by atoms with Crippen molar-refractivity contribution in [1.29, 1.82) is 0 Å². The van der Waals surface area contributed by atoms with Crippen LogP contribution in [-0.2, 0) is 29.2 Å². The number of carbonyl (C=O) groups is 1. The maximum absolute atomic E-state index is 14.1. The van der Waals surface area contributed by atoms with Gasteiger partial charge in [-0.05, 0) is 39.9 Å². The molecule has 254 valence electrons. The molecule has 0 radical (unpaired) electrons. The number of aromatic nitrogens is 2. The summed E-state index contributed by atoms with van der Waals surface area (Å²) in [6.07, 6.45) is 0.477. The summed E-state index contributed by atoms with van der Waals surface area (Å²) in [6, 6.07) is 21.6. The average molecular weight is 719 g/mol. The number of aliphatic hydroxyl groups is 1. The smallest absolute Gasteiger partial charge is 0.257 e. The second-order valence-corrected chi connectivity index (χ2v) is 12.0. The molecule has 1 aliphatic heterocycles. The normalized spacial score (nSPS) is 17.7. The number of imidazole rings is 1. The van der Waals surface area contributed by atoms with E-state index in [0.717, 1.165) is 16.7 Å². The van der Waals surface area contributed by atoms with Gasteiger partial charge < -0.3 is 24.5 Å². The van der Waals surface area contributed by atoms with Crippen molar-refractivity contribution in [3.8, 4) is 11.1 Å². The van der Waals surface area contributed by atoms with E-state index in [1.54, 1.807) is 28.8 Å². The molecule has 1 amide bonds. The molecule has 0 unspecified atom stereocenters. The van der Waals surface area contributed by atoms with Gasteiger partial charge in [-0.2, -0.15) is 0 Å². The van der Waals surface area contributed by atoms with E-state index < -0.39 is 46.8 Å². The Morgan fingerprint density at radius 1 is 0.837 bits per heavy atom. The fourth-order valence-corrected chi connectivity index (χ4v) is 5.84. The number of rotatable bonds is 9. The van der Waals surface area contributed by atoms with Crippen LogP contribution in [0.15, 0.2) is 79.1 Å². The fraction of sp³-hybridized carbons (Fsp3) is 0.200.